The average Bonchev–Trinajstić information content (AvgIpc) is 2.72. The number of rotatable bonds is 7. The van der Waals surface area contributed by atoms with Crippen molar-refractivity contribution in [1.29, 1.82) is 0 Å². The minimum Gasteiger partial charge on any atom is -0.378 e. The molecule has 2 aromatic carbocycles. The summed E-state index contributed by atoms with van der Waals surface area (Å²) in [5, 5.41) is 0. The van der Waals surface area contributed by atoms with Crippen molar-refractivity contribution < 1.29 is 13.9 Å². The van der Waals surface area contributed by atoms with Crippen molar-refractivity contribution in [3.8, 4) is 0 Å². The molecule has 1 fully saturated rings. The van der Waals surface area contributed by atoms with Gasteiger partial charge in [-0.2, -0.15) is 0 Å². The number of carbonyl (C=O) groups excluding carboxylic acids is 1. The largest absolute Gasteiger partial charge is 0.378 e. The smallest absolute Gasteiger partial charge is 0.219 e. The van der Waals surface area contributed by atoms with E-state index in [0.717, 1.165) is 25.9 Å². The first-order chi connectivity index (χ1) is 14.3. The summed E-state index contributed by atoms with van der Waals surface area (Å²) in [5.41, 5.74) is 3.08. The number of benzene rings is 2. The van der Waals surface area contributed by atoms with E-state index in [1.54, 1.807) is 24.0 Å². The molecule has 30 heavy (non-hydrogen) atoms. The van der Waals surface area contributed by atoms with Crippen LogP contribution in [0.1, 0.15) is 56.7 Å². The normalized spacial score (nSPS) is 21.6. The monoisotopic (exact) mass is 411 g/mol. The van der Waals surface area contributed by atoms with E-state index < -0.39 is 0 Å². The topological polar surface area (TPSA) is 29.5 Å². The van der Waals surface area contributed by atoms with Crippen LogP contribution >= 0.6 is 0 Å². The van der Waals surface area contributed by atoms with E-state index in [-0.39, 0.29) is 23.2 Å². The molecule has 4 heteroatoms. The van der Waals surface area contributed by atoms with Crippen molar-refractivity contribution in [2.24, 2.45) is 5.92 Å². The van der Waals surface area contributed by atoms with Crippen LogP contribution in [-0.4, -0.2) is 30.1 Å². The Kier molecular flexibility index (Phi) is 7.30. The quantitative estimate of drug-likeness (QED) is 0.590. The molecule has 0 N–H and O–H groups in total. The van der Waals surface area contributed by atoms with Crippen LogP contribution in [0.3, 0.4) is 0 Å². The van der Waals surface area contributed by atoms with Crippen molar-refractivity contribution >= 4 is 5.91 Å². The number of nitrogens with zero attached hydrogens (tertiary/aromatic N) is 1. The molecule has 162 valence electrons. The molecule has 1 amide bonds. The molecular formula is C26H34FNO2. The molecule has 0 radical (unpaired) electrons. The lowest BCUT2D eigenvalue weighted by Gasteiger charge is -2.44. The van der Waals surface area contributed by atoms with Crippen molar-refractivity contribution in [2.75, 3.05) is 13.2 Å². The molecule has 2 aromatic rings. The zero-order valence-corrected chi connectivity index (χ0v) is 18.7. The van der Waals surface area contributed by atoms with Gasteiger partial charge in [-0.3, -0.25) is 4.79 Å². The predicted octanol–water partition coefficient (Wildman–Crippen LogP) is 5.65. The van der Waals surface area contributed by atoms with Crippen molar-refractivity contribution in [1.82, 2.24) is 4.90 Å². The number of hydrogen-bond donors (Lipinski definition) is 0. The Balaban J connectivity index is 1.83. The third kappa shape index (κ3) is 5.28. The van der Waals surface area contributed by atoms with Gasteiger partial charge in [-0.1, -0.05) is 61.9 Å². The van der Waals surface area contributed by atoms with E-state index in [1.165, 1.54) is 17.2 Å². The van der Waals surface area contributed by atoms with Gasteiger partial charge in [-0.05, 0) is 43.7 Å². The number of carbonyl (C=O) groups is 1. The minimum atomic E-state index is -0.261. The second-order valence-electron chi connectivity index (χ2n) is 9.04. The Morgan fingerprint density at radius 3 is 2.53 bits per heavy atom. The first-order valence-corrected chi connectivity index (χ1v) is 11.0. The second-order valence-corrected chi connectivity index (χ2v) is 9.04. The van der Waals surface area contributed by atoms with Crippen LogP contribution in [-0.2, 0) is 21.5 Å². The van der Waals surface area contributed by atoms with E-state index in [1.807, 2.05) is 6.07 Å². The molecule has 0 aliphatic carbocycles. The summed E-state index contributed by atoms with van der Waals surface area (Å²) in [5.74, 6) is 0.158. The van der Waals surface area contributed by atoms with Crippen LogP contribution < -0.4 is 0 Å². The minimum absolute atomic E-state index is 0.0234. The van der Waals surface area contributed by atoms with Gasteiger partial charge in [0.25, 0.3) is 0 Å². The maximum Gasteiger partial charge on any atom is 0.219 e. The number of halogens is 1. The Labute approximate surface area is 180 Å². The molecule has 1 aliphatic heterocycles. The zero-order valence-electron chi connectivity index (χ0n) is 18.7. The number of hydrogen-bond acceptors (Lipinski definition) is 2. The van der Waals surface area contributed by atoms with Gasteiger partial charge < -0.3 is 9.64 Å². The van der Waals surface area contributed by atoms with Gasteiger partial charge in [0, 0.05) is 37.6 Å². The molecule has 3 nitrogen and oxygen atoms in total. The van der Waals surface area contributed by atoms with Gasteiger partial charge >= 0.3 is 0 Å². The summed E-state index contributed by atoms with van der Waals surface area (Å²) < 4.78 is 20.2. The van der Waals surface area contributed by atoms with Crippen molar-refractivity contribution in [2.45, 2.75) is 65.0 Å². The van der Waals surface area contributed by atoms with E-state index in [9.17, 15) is 9.18 Å². The third-order valence-electron chi connectivity index (χ3n) is 6.54. The van der Waals surface area contributed by atoms with Gasteiger partial charge in [0.2, 0.25) is 5.91 Å². The van der Waals surface area contributed by atoms with Crippen LogP contribution in [0.4, 0.5) is 4.39 Å². The van der Waals surface area contributed by atoms with Crippen LogP contribution in [0.25, 0.3) is 0 Å². The summed E-state index contributed by atoms with van der Waals surface area (Å²) in [6.45, 7) is 9.71. The highest BCUT2D eigenvalue weighted by molar-refractivity contribution is 5.73. The highest BCUT2D eigenvalue weighted by atomic mass is 19.1. The number of amides is 1. The molecule has 1 saturated heterocycles. The van der Waals surface area contributed by atoms with E-state index >= 15 is 0 Å². The first kappa shape index (κ1) is 22.5. The Bertz CT molecular complexity index is 848. The van der Waals surface area contributed by atoms with Crippen molar-refractivity contribution in [3.05, 3.63) is 71.0 Å². The maximum atomic E-state index is 14.2. The molecule has 3 rings (SSSR count). The molecule has 0 unspecified atom stereocenters. The lowest BCUT2D eigenvalue weighted by atomic mass is 9.68. The third-order valence-corrected chi connectivity index (χ3v) is 6.54. The number of aryl methyl sites for hydroxylation is 1. The van der Waals surface area contributed by atoms with Gasteiger partial charge in [-0.15, -0.1) is 0 Å². The highest BCUT2D eigenvalue weighted by Gasteiger charge is 2.39. The summed E-state index contributed by atoms with van der Waals surface area (Å²) in [6.07, 6.45) is 2.93. The van der Waals surface area contributed by atoms with Crippen LogP contribution in [0.5, 0.6) is 0 Å². The average molecular weight is 412 g/mol. The fourth-order valence-electron chi connectivity index (χ4n) is 4.45. The predicted molar refractivity (Wildman–Crippen MR) is 119 cm³/mol. The van der Waals surface area contributed by atoms with Crippen molar-refractivity contribution in [3.63, 3.8) is 0 Å². The van der Waals surface area contributed by atoms with E-state index in [2.05, 4.69) is 45.0 Å². The molecule has 0 spiro atoms. The molecule has 2 atom stereocenters. The van der Waals surface area contributed by atoms with Crippen LogP contribution in [0.15, 0.2) is 48.5 Å². The summed E-state index contributed by atoms with van der Waals surface area (Å²) >= 11 is 0. The van der Waals surface area contributed by atoms with Gasteiger partial charge in [-0.25, -0.2) is 4.39 Å². The highest BCUT2D eigenvalue weighted by Crippen LogP contribution is 2.42. The van der Waals surface area contributed by atoms with Crippen LogP contribution in [0, 0.1) is 18.7 Å². The second kappa shape index (κ2) is 9.74. The number of ether oxygens (including phenoxy) is 1. The summed E-state index contributed by atoms with van der Waals surface area (Å²) in [7, 11) is 0. The Hall–Kier alpha value is -2.20. The Morgan fingerprint density at radius 1 is 1.20 bits per heavy atom. The molecule has 1 aliphatic rings. The maximum absolute atomic E-state index is 14.2. The molecule has 0 aromatic heterocycles. The lowest BCUT2D eigenvalue weighted by molar-refractivity contribution is -0.130. The fourth-order valence-corrected chi connectivity index (χ4v) is 4.45. The lowest BCUT2D eigenvalue weighted by Crippen LogP contribution is -2.43. The van der Waals surface area contributed by atoms with Crippen LogP contribution in [0.2, 0.25) is 0 Å². The SMILES string of the molecule is CC(=O)N(CC[C@]1(c2ccc(C)cc2)CCO[C@H](C(C)C)C1)Cc1ccccc1F. The molecule has 0 bridgehead atoms. The molecular weight excluding hydrogens is 377 g/mol. The molecule has 0 saturated carbocycles. The van der Waals surface area contributed by atoms with E-state index in [4.69, 9.17) is 4.74 Å². The van der Waals surface area contributed by atoms with Gasteiger partial charge in [0.1, 0.15) is 5.82 Å². The summed E-state index contributed by atoms with van der Waals surface area (Å²) in [6, 6.07) is 15.5. The summed E-state index contributed by atoms with van der Waals surface area (Å²) in [4.78, 5) is 14.1. The van der Waals surface area contributed by atoms with Gasteiger partial charge in [0.05, 0.1) is 6.10 Å². The molecule has 1 heterocycles. The standard InChI is InChI=1S/C26H34FNO2/c1-19(2)25-17-26(14-16-30-25,23-11-9-20(3)10-12-23)13-15-28(21(4)29)18-22-7-5-6-8-24(22)27/h5-12,19,25H,13-18H2,1-4H3/t25-,26-/m0/s1. The zero-order chi connectivity index (χ0) is 21.7. The fraction of sp³-hybridized carbons (Fsp3) is 0.500. The Morgan fingerprint density at radius 2 is 1.90 bits per heavy atom. The first-order valence-electron chi connectivity index (χ1n) is 11.0. The van der Waals surface area contributed by atoms with E-state index in [0.29, 0.717) is 24.6 Å². The van der Waals surface area contributed by atoms with Gasteiger partial charge in [0.15, 0.2) is 0 Å².